The third-order valence-electron chi connectivity index (χ3n) is 4.02. The smallest absolute Gasteiger partial charge is 0.261 e. The predicted molar refractivity (Wildman–Crippen MR) is 114 cm³/mol. The van der Waals surface area contributed by atoms with E-state index in [0.29, 0.717) is 10.8 Å². The summed E-state index contributed by atoms with van der Waals surface area (Å²) in [5, 5.41) is 3.43. The summed E-state index contributed by atoms with van der Waals surface area (Å²) in [6.07, 6.45) is 0. The van der Waals surface area contributed by atoms with E-state index in [0.717, 1.165) is 10.0 Å². The summed E-state index contributed by atoms with van der Waals surface area (Å²) < 4.78 is 6.53. The summed E-state index contributed by atoms with van der Waals surface area (Å²) in [7, 11) is 0. The summed E-state index contributed by atoms with van der Waals surface area (Å²) >= 11 is 9.42. The van der Waals surface area contributed by atoms with Crippen LogP contribution in [0, 0.1) is 0 Å². The van der Waals surface area contributed by atoms with Gasteiger partial charge in [0.2, 0.25) is 5.91 Å². The van der Waals surface area contributed by atoms with Gasteiger partial charge in [-0.2, -0.15) is 0 Å². The first-order valence-corrected chi connectivity index (χ1v) is 10.2. The van der Waals surface area contributed by atoms with Crippen molar-refractivity contribution >= 4 is 39.3 Å². The van der Waals surface area contributed by atoms with Crippen LogP contribution in [0.3, 0.4) is 0 Å². The largest absolute Gasteiger partial charge is 0.484 e. The normalized spacial score (nSPS) is 11.8. The fraction of sp³-hybridized carbons (Fsp3) is 0.333. The van der Waals surface area contributed by atoms with Gasteiger partial charge in [0.05, 0.1) is 0 Å². The lowest BCUT2D eigenvalue weighted by Crippen LogP contribution is -2.50. The number of benzene rings is 2. The third kappa shape index (κ3) is 6.84. The van der Waals surface area contributed by atoms with E-state index in [2.05, 4.69) is 21.2 Å². The van der Waals surface area contributed by atoms with E-state index in [4.69, 9.17) is 16.3 Å². The Morgan fingerprint density at radius 1 is 1.14 bits per heavy atom. The van der Waals surface area contributed by atoms with Crippen molar-refractivity contribution < 1.29 is 14.3 Å². The molecule has 0 radical (unpaired) electrons. The molecule has 150 valence electrons. The van der Waals surface area contributed by atoms with Gasteiger partial charge in [-0.15, -0.1) is 0 Å². The summed E-state index contributed by atoms with van der Waals surface area (Å²) in [6.45, 7) is 5.56. The van der Waals surface area contributed by atoms with Crippen molar-refractivity contribution in [1.82, 2.24) is 10.2 Å². The lowest BCUT2D eigenvalue weighted by atomic mass is 10.1. The van der Waals surface area contributed by atoms with Crippen molar-refractivity contribution in [2.75, 3.05) is 6.61 Å². The Labute approximate surface area is 179 Å². The number of carbonyl (C=O) groups is 2. The lowest BCUT2D eigenvalue weighted by molar-refractivity contribution is -0.142. The van der Waals surface area contributed by atoms with Crippen LogP contribution in [-0.2, 0) is 16.1 Å². The van der Waals surface area contributed by atoms with Crippen molar-refractivity contribution in [3.8, 4) is 5.75 Å². The summed E-state index contributed by atoms with van der Waals surface area (Å²) in [5.41, 5.74) is 0.841. The highest BCUT2D eigenvalue weighted by Gasteiger charge is 2.26. The number of halogens is 2. The van der Waals surface area contributed by atoms with E-state index in [-0.39, 0.29) is 31.0 Å². The first-order valence-electron chi connectivity index (χ1n) is 8.99. The fourth-order valence-electron chi connectivity index (χ4n) is 2.58. The van der Waals surface area contributed by atoms with Crippen molar-refractivity contribution in [2.45, 2.75) is 39.4 Å². The molecular weight excluding hydrogens is 444 g/mol. The van der Waals surface area contributed by atoms with Gasteiger partial charge in [0.15, 0.2) is 6.61 Å². The third-order valence-corrected chi connectivity index (χ3v) is 4.78. The maximum absolute atomic E-state index is 12.9. The van der Waals surface area contributed by atoms with Crippen LogP contribution in [0.15, 0.2) is 53.0 Å². The van der Waals surface area contributed by atoms with Gasteiger partial charge in [0.25, 0.3) is 5.91 Å². The molecule has 0 bridgehead atoms. The van der Waals surface area contributed by atoms with Crippen molar-refractivity contribution in [3.63, 3.8) is 0 Å². The highest BCUT2D eigenvalue weighted by atomic mass is 79.9. The molecule has 2 aromatic carbocycles. The molecule has 0 aliphatic carbocycles. The maximum atomic E-state index is 12.9. The van der Waals surface area contributed by atoms with Gasteiger partial charge in [-0.3, -0.25) is 9.59 Å². The molecule has 0 aliphatic heterocycles. The molecule has 2 amide bonds. The van der Waals surface area contributed by atoms with Gasteiger partial charge >= 0.3 is 0 Å². The number of rotatable bonds is 8. The van der Waals surface area contributed by atoms with Gasteiger partial charge in [-0.1, -0.05) is 39.7 Å². The minimum atomic E-state index is -0.651. The Hall–Kier alpha value is -2.05. The number of hydrogen-bond acceptors (Lipinski definition) is 3. The second kappa shape index (κ2) is 10.5. The lowest BCUT2D eigenvalue weighted by Gasteiger charge is -2.29. The number of carbonyl (C=O) groups excluding carboxylic acids is 2. The van der Waals surface area contributed by atoms with Crippen LogP contribution in [0.4, 0.5) is 0 Å². The van der Waals surface area contributed by atoms with E-state index in [1.165, 1.54) is 4.90 Å². The van der Waals surface area contributed by atoms with E-state index < -0.39 is 6.04 Å². The van der Waals surface area contributed by atoms with Gasteiger partial charge in [0, 0.05) is 22.1 Å². The molecule has 0 saturated carbocycles. The second-order valence-electron chi connectivity index (χ2n) is 6.73. The highest BCUT2D eigenvalue weighted by Crippen LogP contribution is 2.18. The summed E-state index contributed by atoms with van der Waals surface area (Å²) in [5.74, 6) is 0.0851. The van der Waals surface area contributed by atoms with Crippen molar-refractivity contribution in [2.24, 2.45) is 0 Å². The van der Waals surface area contributed by atoms with E-state index in [1.54, 1.807) is 31.2 Å². The molecule has 1 unspecified atom stereocenters. The molecule has 2 rings (SSSR count). The molecule has 0 spiro atoms. The Balaban J connectivity index is 2.14. The van der Waals surface area contributed by atoms with Crippen LogP contribution in [0.2, 0.25) is 5.02 Å². The molecular formula is C21H24BrClN2O3. The van der Waals surface area contributed by atoms with Crippen LogP contribution in [0.1, 0.15) is 26.3 Å². The molecule has 28 heavy (non-hydrogen) atoms. The molecule has 0 saturated heterocycles. The van der Waals surface area contributed by atoms with E-state index in [9.17, 15) is 9.59 Å². The molecule has 1 atom stereocenters. The van der Waals surface area contributed by atoms with Crippen molar-refractivity contribution in [3.05, 3.63) is 63.6 Å². The minimum Gasteiger partial charge on any atom is -0.484 e. The zero-order valence-corrected chi connectivity index (χ0v) is 18.5. The van der Waals surface area contributed by atoms with Crippen LogP contribution >= 0.6 is 27.5 Å². The van der Waals surface area contributed by atoms with Gasteiger partial charge in [-0.05, 0) is 62.7 Å². The molecule has 1 N–H and O–H groups in total. The highest BCUT2D eigenvalue weighted by molar-refractivity contribution is 9.10. The average molecular weight is 468 g/mol. The molecule has 0 aliphatic rings. The summed E-state index contributed by atoms with van der Waals surface area (Å²) in [6, 6.07) is 13.8. The molecule has 0 aromatic heterocycles. The van der Waals surface area contributed by atoms with Crippen molar-refractivity contribution in [1.29, 1.82) is 0 Å². The Morgan fingerprint density at radius 2 is 1.82 bits per heavy atom. The monoisotopic (exact) mass is 466 g/mol. The van der Waals surface area contributed by atoms with Crippen LogP contribution < -0.4 is 10.1 Å². The molecule has 5 nitrogen and oxygen atoms in total. The van der Waals surface area contributed by atoms with Gasteiger partial charge in [0.1, 0.15) is 11.8 Å². The first kappa shape index (κ1) is 22.2. The van der Waals surface area contributed by atoms with E-state index in [1.807, 2.05) is 38.1 Å². The molecule has 2 aromatic rings. The predicted octanol–water partition coefficient (Wildman–Crippen LogP) is 4.42. The maximum Gasteiger partial charge on any atom is 0.261 e. The second-order valence-corrected chi connectivity index (χ2v) is 8.09. The van der Waals surface area contributed by atoms with Crippen LogP contribution in [-0.4, -0.2) is 35.4 Å². The number of amides is 2. The first-order chi connectivity index (χ1) is 13.3. The topological polar surface area (TPSA) is 58.6 Å². The number of hydrogen-bond donors (Lipinski definition) is 1. The number of nitrogens with zero attached hydrogens (tertiary/aromatic N) is 1. The quantitative estimate of drug-likeness (QED) is 0.625. The van der Waals surface area contributed by atoms with Gasteiger partial charge < -0.3 is 15.0 Å². The molecule has 0 fully saturated rings. The summed E-state index contributed by atoms with van der Waals surface area (Å²) in [4.78, 5) is 26.9. The number of nitrogens with one attached hydrogen (secondary N) is 1. The standard InChI is InChI=1S/C21H24BrClN2O3/c1-14(2)24-21(27)15(3)25(12-16-5-4-6-18(23)11-16)20(26)13-28-19-9-7-17(22)8-10-19/h4-11,14-15H,12-13H2,1-3H3,(H,24,27). The molecule has 0 heterocycles. The average Bonchev–Trinajstić information content (AvgIpc) is 2.64. The van der Waals surface area contributed by atoms with Gasteiger partial charge in [-0.25, -0.2) is 0 Å². The Morgan fingerprint density at radius 3 is 2.43 bits per heavy atom. The zero-order chi connectivity index (χ0) is 20.7. The minimum absolute atomic E-state index is 0.0166. The van der Waals surface area contributed by atoms with Crippen LogP contribution in [0.5, 0.6) is 5.75 Å². The Bertz CT molecular complexity index is 812. The SMILES string of the molecule is CC(C)NC(=O)C(C)N(Cc1cccc(Cl)c1)C(=O)COc1ccc(Br)cc1. The zero-order valence-electron chi connectivity index (χ0n) is 16.1. The van der Waals surface area contributed by atoms with Crippen LogP contribution in [0.25, 0.3) is 0 Å². The number of ether oxygens (including phenoxy) is 1. The fourth-order valence-corrected chi connectivity index (χ4v) is 3.06. The van der Waals surface area contributed by atoms with E-state index >= 15 is 0 Å². The molecule has 7 heteroatoms. The Kier molecular flexibility index (Phi) is 8.33.